The van der Waals surface area contributed by atoms with Crippen LogP contribution in [-0.2, 0) is 16.0 Å². The number of aliphatic hydroxyl groups is 1. The van der Waals surface area contributed by atoms with Crippen LogP contribution in [0.5, 0.6) is 0 Å². The molecule has 1 aromatic carbocycles. The Labute approximate surface area is 116 Å². The molecule has 0 radical (unpaired) electrons. The predicted molar refractivity (Wildman–Crippen MR) is 72.9 cm³/mol. The molecule has 0 spiro atoms. The number of hydrogen-bond donors (Lipinski definition) is 3. The van der Waals surface area contributed by atoms with Crippen molar-refractivity contribution in [1.29, 1.82) is 0 Å². The fourth-order valence-electron chi connectivity index (χ4n) is 2.47. The average molecular weight is 278 g/mol. The van der Waals surface area contributed by atoms with Gasteiger partial charge in [0.1, 0.15) is 6.04 Å². The molecule has 20 heavy (non-hydrogen) atoms. The fourth-order valence-corrected chi connectivity index (χ4v) is 2.47. The van der Waals surface area contributed by atoms with Gasteiger partial charge in [0, 0.05) is 25.1 Å². The molecule has 1 aliphatic rings. The van der Waals surface area contributed by atoms with E-state index in [1.54, 1.807) is 12.1 Å². The van der Waals surface area contributed by atoms with Crippen LogP contribution in [0.25, 0.3) is 0 Å². The first-order valence-electron chi connectivity index (χ1n) is 6.52. The SMILES string of the molecule is Nc1cccc(CCC(=O)N2C[C@H](O)C[C@H]2C(=O)O)c1. The Balaban J connectivity index is 1.96. The van der Waals surface area contributed by atoms with Gasteiger partial charge in [-0.1, -0.05) is 12.1 Å². The second kappa shape index (κ2) is 5.92. The van der Waals surface area contributed by atoms with Gasteiger partial charge in [-0.2, -0.15) is 0 Å². The second-order valence-corrected chi connectivity index (χ2v) is 5.03. The lowest BCUT2D eigenvalue weighted by atomic mass is 10.1. The first-order chi connectivity index (χ1) is 9.47. The van der Waals surface area contributed by atoms with Gasteiger partial charge in [0.15, 0.2) is 0 Å². The largest absolute Gasteiger partial charge is 0.480 e. The Morgan fingerprint density at radius 2 is 2.15 bits per heavy atom. The van der Waals surface area contributed by atoms with Gasteiger partial charge in [0.05, 0.1) is 6.10 Å². The van der Waals surface area contributed by atoms with Gasteiger partial charge < -0.3 is 20.8 Å². The van der Waals surface area contributed by atoms with Crippen LogP contribution in [0.15, 0.2) is 24.3 Å². The number of nitrogen functional groups attached to an aromatic ring is 1. The summed E-state index contributed by atoms with van der Waals surface area (Å²) in [7, 11) is 0. The maximum atomic E-state index is 12.1. The lowest BCUT2D eigenvalue weighted by Crippen LogP contribution is -2.40. The number of hydrogen-bond acceptors (Lipinski definition) is 4. The van der Waals surface area contributed by atoms with E-state index in [0.717, 1.165) is 5.56 Å². The second-order valence-electron chi connectivity index (χ2n) is 5.03. The summed E-state index contributed by atoms with van der Waals surface area (Å²) in [5.41, 5.74) is 7.23. The number of amides is 1. The average Bonchev–Trinajstić information content (AvgIpc) is 2.78. The molecule has 0 unspecified atom stereocenters. The van der Waals surface area contributed by atoms with Crippen LogP contribution < -0.4 is 5.73 Å². The number of rotatable bonds is 4. The van der Waals surface area contributed by atoms with E-state index < -0.39 is 18.1 Å². The van der Waals surface area contributed by atoms with Crippen LogP contribution in [-0.4, -0.2) is 45.7 Å². The van der Waals surface area contributed by atoms with Gasteiger partial charge in [-0.05, 0) is 24.1 Å². The number of carboxylic acids is 1. The summed E-state index contributed by atoms with van der Waals surface area (Å²) in [6.07, 6.45) is 0.0506. The van der Waals surface area contributed by atoms with E-state index in [4.69, 9.17) is 10.8 Å². The number of aliphatic carboxylic acids is 1. The summed E-state index contributed by atoms with van der Waals surface area (Å²) < 4.78 is 0. The first-order valence-corrected chi connectivity index (χ1v) is 6.52. The number of anilines is 1. The van der Waals surface area contributed by atoms with E-state index in [0.29, 0.717) is 12.1 Å². The maximum absolute atomic E-state index is 12.1. The minimum Gasteiger partial charge on any atom is -0.480 e. The van der Waals surface area contributed by atoms with E-state index in [-0.39, 0.29) is 25.3 Å². The lowest BCUT2D eigenvalue weighted by molar-refractivity contribution is -0.148. The predicted octanol–water partition coefficient (Wildman–Crippen LogP) is 0.248. The van der Waals surface area contributed by atoms with Crippen LogP contribution in [0.4, 0.5) is 5.69 Å². The van der Waals surface area contributed by atoms with Crippen LogP contribution in [0.3, 0.4) is 0 Å². The van der Waals surface area contributed by atoms with Gasteiger partial charge in [0.2, 0.25) is 5.91 Å². The molecule has 6 heteroatoms. The maximum Gasteiger partial charge on any atom is 0.326 e. The number of β-amino-alcohol motifs (C(OH)–C–C–N with tert-alkyl or cyclic N) is 1. The number of carbonyl (C=O) groups excluding carboxylic acids is 1. The molecule has 0 aromatic heterocycles. The third-order valence-electron chi connectivity index (χ3n) is 3.46. The van der Waals surface area contributed by atoms with E-state index in [2.05, 4.69) is 0 Å². The third kappa shape index (κ3) is 3.27. The van der Waals surface area contributed by atoms with Crippen molar-refractivity contribution in [2.24, 2.45) is 0 Å². The first kappa shape index (κ1) is 14.3. The van der Waals surface area contributed by atoms with Crippen LogP contribution in [0.1, 0.15) is 18.4 Å². The highest BCUT2D eigenvalue weighted by molar-refractivity contribution is 5.84. The fraction of sp³-hybridized carbons (Fsp3) is 0.429. The van der Waals surface area contributed by atoms with E-state index >= 15 is 0 Å². The number of aliphatic hydroxyl groups excluding tert-OH is 1. The molecule has 108 valence electrons. The molecule has 0 saturated carbocycles. The zero-order valence-electron chi connectivity index (χ0n) is 11.0. The summed E-state index contributed by atoms with van der Waals surface area (Å²) >= 11 is 0. The lowest BCUT2D eigenvalue weighted by Gasteiger charge is -2.21. The Bertz CT molecular complexity index is 518. The zero-order valence-corrected chi connectivity index (χ0v) is 11.0. The molecule has 2 rings (SSSR count). The molecule has 2 atom stereocenters. The number of carbonyl (C=O) groups is 2. The Morgan fingerprint density at radius 3 is 2.80 bits per heavy atom. The van der Waals surface area contributed by atoms with Gasteiger partial charge in [0.25, 0.3) is 0 Å². The smallest absolute Gasteiger partial charge is 0.326 e. The number of benzene rings is 1. The molecule has 1 amide bonds. The Kier molecular flexibility index (Phi) is 4.24. The highest BCUT2D eigenvalue weighted by Gasteiger charge is 2.38. The zero-order chi connectivity index (χ0) is 14.7. The van der Waals surface area contributed by atoms with E-state index in [1.165, 1.54) is 4.90 Å². The van der Waals surface area contributed by atoms with Crippen molar-refractivity contribution in [3.8, 4) is 0 Å². The highest BCUT2D eigenvalue weighted by Crippen LogP contribution is 2.20. The van der Waals surface area contributed by atoms with Crippen molar-refractivity contribution >= 4 is 17.6 Å². The molecule has 1 aromatic rings. The summed E-state index contributed by atoms with van der Waals surface area (Å²) in [6.45, 7) is 0.0900. The number of aryl methyl sites for hydroxylation is 1. The van der Waals surface area contributed by atoms with Crippen LogP contribution in [0.2, 0.25) is 0 Å². The van der Waals surface area contributed by atoms with Crippen LogP contribution in [0, 0.1) is 0 Å². The van der Waals surface area contributed by atoms with E-state index in [1.807, 2.05) is 12.1 Å². The molecular formula is C14H18N2O4. The van der Waals surface area contributed by atoms with Crippen molar-refractivity contribution in [2.45, 2.75) is 31.4 Å². The molecule has 1 fully saturated rings. The number of likely N-dealkylation sites (tertiary alicyclic amines) is 1. The standard InChI is InChI=1S/C14H18N2O4/c15-10-3-1-2-9(6-10)4-5-13(18)16-8-11(17)7-12(16)14(19)20/h1-3,6,11-12,17H,4-5,7-8,15H2,(H,19,20)/t11-,12+/m1/s1. The van der Waals surface area contributed by atoms with Gasteiger partial charge in [-0.3, -0.25) is 4.79 Å². The number of carboxylic acid groups (broad SMARTS) is 1. The summed E-state index contributed by atoms with van der Waals surface area (Å²) in [4.78, 5) is 24.4. The topological polar surface area (TPSA) is 104 Å². The van der Waals surface area contributed by atoms with Crippen molar-refractivity contribution in [3.05, 3.63) is 29.8 Å². The molecule has 1 heterocycles. The molecule has 4 N–H and O–H groups in total. The molecule has 6 nitrogen and oxygen atoms in total. The minimum atomic E-state index is -1.07. The Morgan fingerprint density at radius 1 is 1.40 bits per heavy atom. The molecule has 0 aliphatic carbocycles. The van der Waals surface area contributed by atoms with Gasteiger partial charge >= 0.3 is 5.97 Å². The van der Waals surface area contributed by atoms with Gasteiger partial charge in [-0.25, -0.2) is 4.79 Å². The highest BCUT2D eigenvalue weighted by atomic mass is 16.4. The summed E-state index contributed by atoms with van der Waals surface area (Å²) in [6, 6.07) is 6.33. The van der Waals surface area contributed by atoms with Crippen molar-refractivity contribution in [1.82, 2.24) is 4.90 Å². The Hall–Kier alpha value is -2.08. The third-order valence-corrected chi connectivity index (χ3v) is 3.46. The molecule has 0 bridgehead atoms. The molecular weight excluding hydrogens is 260 g/mol. The van der Waals surface area contributed by atoms with Gasteiger partial charge in [-0.15, -0.1) is 0 Å². The molecule has 1 aliphatic heterocycles. The number of nitrogens with two attached hydrogens (primary N) is 1. The minimum absolute atomic E-state index is 0.0900. The van der Waals surface area contributed by atoms with E-state index in [9.17, 15) is 14.7 Å². The molecule has 1 saturated heterocycles. The summed E-state index contributed by atoms with van der Waals surface area (Å²) in [5, 5.41) is 18.6. The van der Waals surface area contributed by atoms with Crippen LogP contribution >= 0.6 is 0 Å². The van der Waals surface area contributed by atoms with Crippen molar-refractivity contribution in [2.75, 3.05) is 12.3 Å². The summed E-state index contributed by atoms with van der Waals surface area (Å²) in [5.74, 6) is -1.32. The van der Waals surface area contributed by atoms with Crippen molar-refractivity contribution < 1.29 is 19.8 Å². The normalized spacial score (nSPS) is 21.9. The quantitative estimate of drug-likeness (QED) is 0.685. The number of nitrogens with zero attached hydrogens (tertiary/aromatic N) is 1. The van der Waals surface area contributed by atoms with Crippen molar-refractivity contribution in [3.63, 3.8) is 0 Å². The monoisotopic (exact) mass is 278 g/mol.